The molecule has 0 saturated carbocycles. The van der Waals surface area contributed by atoms with Gasteiger partial charge in [-0.1, -0.05) is 45.4 Å². The summed E-state index contributed by atoms with van der Waals surface area (Å²) >= 11 is 14.2. The Kier molecular flexibility index (Phi) is 6.85. The van der Waals surface area contributed by atoms with Crippen molar-refractivity contribution in [2.75, 3.05) is 12.4 Å². The van der Waals surface area contributed by atoms with Crippen LogP contribution in [0.25, 0.3) is 0 Å². The number of hydrogen-bond donors (Lipinski definition) is 1. The highest BCUT2D eigenvalue weighted by atomic mass is 79.9. The quantitative estimate of drug-likeness (QED) is 0.531. The molecule has 3 rings (SSSR count). The van der Waals surface area contributed by atoms with Gasteiger partial charge in [-0.2, -0.15) is 0 Å². The van der Waals surface area contributed by atoms with Gasteiger partial charge in [0.1, 0.15) is 5.25 Å². The summed E-state index contributed by atoms with van der Waals surface area (Å²) in [5.74, 6) is -0.379. The van der Waals surface area contributed by atoms with Crippen molar-refractivity contribution < 1.29 is 9.59 Å². The molecule has 0 bridgehead atoms. The lowest BCUT2D eigenvalue weighted by atomic mass is 10.2. The minimum Gasteiger partial charge on any atom is -0.325 e. The zero-order valence-electron chi connectivity index (χ0n) is 15.0. The highest BCUT2D eigenvalue weighted by molar-refractivity contribution is 9.11. The Morgan fingerprint density at radius 1 is 1.32 bits per heavy atom. The van der Waals surface area contributed by atoms with E-state index < -0.39 is 5.25 Å². The first-order valence-electron chi connectivity index (χ1n) is 8.29. The number of rotatable bonds is 4. The van der Waals surface area contributed by atoms with Gasteiger partial charge in [0.2, 0.25) is 11.8 Å². The Morgan fingerprint density at radius 2 is 2.07 bits per heavy atom. The summed E-state index contributed by atoms with van der Waals surface area (Å²) in [6.07, 6.45) is 0.0594. The van der Waals surface area contributed by atoms with Crippen LogP contribution < -0.4 is 5.32 Å². The van der Waals surface area contributed by atoms with Gasteiger partial charge in [0.25, 0.3) is 0 Å². The fraction of sp³-hybridized carbons (Fsp3) is 0.211. The van der Waals surface area contributed by atoms with Crippen molar-refractivity contribution in [1.29, 1.82) is 0 Å². The molecule has 0 radical (unpaired) electrons. The summed E-state index contributed by atoms with van der Waals surface area (Å²) in [6.45, 7) is 1.88. The highest BCUT2D eigenvalue weighted by Crippen LogP contribution is 2.33. The number of amides is 2. The molecular formula is C19H16Br2ClN3O2S. The van der Waals surface area contributed by atoms with Gasteiger partial charge in [0, 0.05) is 27.4 Å². The standard InChI is InChI=1S/C19H16Br2ClN3O2S/c1-10-13(22)4-3-5-14(10)24-19-25(2)18(27)16(28-19)9-17(26)23-15-7-6-11(20)8-12(15)21/h3-8,16H,9H2,1-2H3,(H,23,26). The number of aliphatic imine (C=N–C) groups is 1. The molecule has 1 unspecified atom stereocenters. The van der Waals surface area contributed by atoms with Gasteiger partial charge in [-0.3, -0.25) is 14.5 Å². The Balaban J connectivity index is 1.72. The molecule has 146 valence electrons. The average molecular weight is 546 g/mol. The summed E-state index contributed by atoms with van der Waals surface area (Å²) in [5, 5.41) is 3.49. The molecule has 28 heavy (non-hydrogen) atoms. The van der Waals surface area contributed by atoms with E-state index in [-0.39, 0.29) is 18.2 Å². The van der Waals surface area contributed by atoms with Crippen molar-refractivity contribution in [3.05, 3.63) is 55.9 Å². The van der Waals surface area contributed by atoms with Crippen LogP contribution in [0.3, 0.4) is 0 Å². The molecule has 0 spiro atoms. The van der Waals surface area contributed by atoms with E-state index in [0.29, 0.717) is 21.6 Å². The maximum Gasteiger partial charge on any atom is 0.242 e. The van der Waals surface area contributed by atoms with Crippen LogP contribution in [-0.2, 0) is 9.59 Å². The maximum absolute atomic E-state index is 12.6. The van der Waals surface area contributed by atoms with Crippen LogP contribution in [0.2, 0.25) is 5.02 Å². The van der Waals surface area contributed by atoms with Crippen LogP contribution >= 0.6 is 55.2 Å². The second kappa shape index (κ2) is 8.98. The second-order valence-electron chi connectivity index (χ2n) is 6.16. The summed E-state index contributed by atoms with van der Waals surface area (Å²) in [6, 6.07) is 10.9. The molecule has 1 fully saturated rings. The number of benzene rings is 2. The van der Waals surface area contributed by atoms with Crippen molar-refractivity contribution in [2.24, 2.45) is 4.99 Å². The van der Waals surface area contributed by atoms with Gasteiger partial charge >= 0.3 is 0 Å². The van der Waals surface area contributed by atoms with E-state index in [1.54, 1.807) is 19.2 Å². The van der Waals surface area contributed by atoms with Crippen molar-refractivity contribution >= 4 is 83.6 Å². The highest BCUT2D eigenvalue weighted by Gasteiger charge is 2.37. The molecular weight excluding hydrogens is 530 g/mol. The number of hydrogen-bond acceptors (Lipinski definition) is 4. The molecule has 0 aromatic heterocycles. The molecule has 1 saturated heterocycles. The second-order valence-corrected chi connectivity index (χ2v) is 9.51. The monoisotopic (exact) mass is 543 g/mol. The van der Waals surface area contributed by atoms with Crippen LogP contribution in [0.4, 0.5) is 11.4 Å². The van der Waals surface area contributed by atoms with E-state index in [0.717, 1.165) is 14.5 Å². The third-order valence-electron chi connectivity index (χ3n) is 4.17. The van der Waals surface area contributed by atoms with E-state index in [2.05, 4.69) is 42.2 Å². The number of carbonyl (C=O) groups is 2. The van der Waals surface area contributed by atoms with Gasteiger partial charge in [-0.25, -0.2) is 4.99 Å². The third kappa shape index (κ3) is 4.79. The Labute approximate surface area is 189 Å². The SMILES string of the molecule is Cc1c(Cl)cccc1N=C1SC(CC(=O)Nc2ccc(Br)cc2Br)C(=O)N1C. The molecule has 2 amide bonds. The first-order chi connectivity index (χ1) is 13.3. The van der Waals surface area contributed by atoms with Crippen molar-refractivity contribution in [3.8, 4) is 0 Å². The number of nitrogens with zero attached hydrogens (tertiary/aromatic N) is 2. The predicted octanol–water partition coefficient (Wildman–Crippen LogP) is 5.76. The smallest absolute Gasteiger partial charge is 0.242 e. The van der Waals surface area contributed by atoms with Gasteiger partial charge < -0.3 is 5.32 Å². The van der Waals surface area contributed by atoms with Crippen LogP contribution in [0.15, 0.2) is 50.3 Å². The number of anilines is 1. The van der Waals surface area contributed by atoms with Crippen molar-refractivity contribution in [2.45, 2.75) is 18.6 Å². The number of amidine groups is 1. The van der Waals surface area contributed by atoms with E-state index >= 15 is 0 Å². The first-order valence-corrected chi connectivity index (χ1v) is 11.1. The van der Waals surface area contributed by atoms with Gasteiger partial charge in [-0.05, 0) is 58.7 Å². The number of nitrogens with one attached hydrogen (secondary N) is 1. The minimum atomic E-state index is -0.516. The average Bonchev–Trinajstić information content (AvgIpc) is 2.89. The lowest BCUT2D eigenvalue weighted by Gasteiger charge is -2.10. The predicted molar refractivity (Wildman–Crippen MR) is 123 cm³/mol. The molecule has 2 aromatic carbocycles. The molecule has 2 aromatic rings. The van der Waals surface area contributed by atoms with E-state index in [1.807, 2.05) is 31.2 Å². The van der Waals surface area contributed by atoms with Crippen LogP contribution in [0.5, 0.6) is 0 Å². The zero-order chi connectivity index (χ0) is 20.4. The number of halogens is 3. The van der Waals surface area contributed by atoms with Gasteiger partial charge in [0.05, 0.1) is 11.4 Å². The summed E-state index contributed by atoms with van der Waals surface area (Å²) in [7, 11) is 1.66. The molecule has 1 aliphatic rings. The molecule has 1 N–H and O–H groups in total. The maximum atomic E-state index is 12.6. The Hall–Kier alpha value is -1.35. The Bertz CT molecular complexity index is 984. The summed E-state index contributed by atoms with van der Waals surface area (Å²) in [4.78, 5) is 31.1. The summed E-state index contributed by atoms with van der Waals surface area (Å²) < 4.78 is 1.66. The van der Waals surface area contributed by atoms with Gasteiger partial charge in [0.15, 0.2) is 5.17 Å². The fourth-order valence-electron chi connectivity index (χ4n) is 2.58. The molecule has 5 nitrogen and oxygen atoms in total. The topological polar surface area (TPSA) is 61.8 Å². The van der Waals surface area contributed by atoms with Crippen molar-refractivity contribution in [3.63, 3.8) is 0 Å². The lowest BCUT2D eigenvalue weighted by Crippen LogP contribution is -2.30. The third-order valence-corrected chi connectivity index (χ3v) is 6.96. The largest absolute Gasteiger partial charge is 0.325 e. The summed E-state index contributed by atoms with van der Waals surface area (Å²) in [5.41, 5.74) is 2.21. The Morgan fingerprint density at radius 3 is 2.79 bits per heavy atom. The van der Waals surface area contributed by atoms with E-state index in [9.17, 15) is 9.59 Å². The molecule has 1 aliphatic heterocycles. The van der Waals surface area contributed by atoms with Crippen LogP contribution in [-0.4, -0.2) is 34.2 Å². The van der Waals surface area contributed by atoms with Gasteiger partial charge in [-0.15, -0.1) is 0 Å². The molecule has 1 atom stereocenters. The molecule has 9 heteroatoms. The van der Waals surface area contributed by atoms with Crippen LogP contribution in [0.1, 0.15) is 12.0 Å². The molecule has 0 aliphatic carbocycles. The van der Waals surface area contributed by atoms with Crippen LogP contribution in [0, 0.1) is 6.92 Å². The zero-order valence-corrected chi connectivity index (χ0v) is 19.7. The lowest BCUT2D eigenvalue weighted by molar-refractivity contribution is -0.127. The molecule has 1 heterocycles. The normalized spacial score (nSPS) is 18.0. The number of thioether (sulfide) groups is 1. The number of carbonyl (C=O) groups excluding carboxylic acids is 2. The van der Waals surface area contributed by atoms with E-state index in [4.69, 9.17) is 11.6 Å². The van der Waals surface area contributed by atoms with Crippen molar-refractivity contribution in [1.82, 2.24) is 4.90 Å². The first kappa shape index (κ1) is 21.4. The van der Waals surface area contributed by atoms with E-state index in [1.165, 1.54) is 16.7 Å². The fourth-order valence-corrected chi connectivity index (χ4v) is 5.04. The minimum absolute atomic E-state index is 0.0594.